The van der Waals surface area contributed by atoms with Crippen LogP contribution in [0.5, 0.6) is 5.75 Å². The molecule has 212 valence electrons. The first-order valence-corrected chi connectivity index (χ1v) is 13.3. The van der Waals surface area contributed by atoms with Crippen LogP contribution in [0.25, 0.3) is 10.9 Å². The largest absolute Gasteiger partial charge is 0.494 e. The van der Waals surface area contributed by atoms with Crippen LogP contribution < -0.4 is 15.8 Å². The fraction of sp³-hybridized carbons (Fsp3) is 0.519. The summed E-state index contributed by atoms with van der Waals surface area (Å²) in [5.41, 5.74) is 6.32. The number of nitrogens with one attached hydrogen (secondary N) is 1. The van der Waals surface area contributed by atoms with E-state index < -0.39 is 43.3 Å². The molecule has 3 fully saturated rings. The first kappa shape index (κ1) is 27.7. The Morgan fingerprint density at radius 1 is 1.18 bits per heavy atom. The van der Waals surface area contributed by atoms with Crippen LogP contribution in [0.1, 0.15) is 29.6 Å². The predicted molar refractivity (Wildman–Crippen MR) is 139 cm³/mol. The zero-order chi connectivity index (χ0) is 28.4. The molecule has 2 bridgehead atoms. The Balaban J connectivity index is 1.14. The zero-order valence-corrected chi connectivity index (χ0v) is 21.9. The standard InChI is InChI=1S/C27H31F2N7O4/c28-27(29)10-19(11-30)36(16-27)25(38)13-33-26(39)21-4-5-32-23-3-2-20(9-22(21)23)40-7-1-6-34-14-18-8-17(34)15-35(18)24(37)12-31/h2-5,9,17-19H,1,6-8,10,12-16,31H2,(H,33,39)/t17-,18-,19?/m1/s1. The normalized spacial score (nSPS) is 23.4. The molecule has 1 aromatic heterocycles. The van der Waals surface area contributed by atoms with Gasteiger partial charge in [0, 0.05) is 49.7 Å². The van der Waals surface area contributed by atoms with Crippen LogP contribution in [0, 0.1) is 11.3 Å². The first-order valence-electron chi connectivity index (χ1n) is 13.3. The molecule has 1 aromatic carbocycles. The molecule has 3 atom stereocenters. The van der Waals surface area contributed by atoms with Crippen LogP contribution >= 0.6 is 0 Å². The number of carbonyl (C=O) groups excluding carboxylic acids is 3. The quantitative estimate of drug-likeness (QED) is 0.431. The molecule has 5 rings (SSSR count). The SMILES string of the molecule is N#CC1CC(F)(F)CN1C(=O)CNC(=O)c1ccnc2ccc(OCCCN3C[C@H]4C[C@@H]3CN4C(=O)CN)cc12. The maximum Gasteiger partial charge on any atom is 0.268 e. The minimum absolute atomic E-state index is 0.00445. The van der Waals surface area contributed by atoms with Gasteiger partial charge < -0.3 is 25.6 Å². The lowest BCUT2D eigenvalue weighted by atomic mass is 10.1. The number of likely N-dealkylation sites (tertiary alicyclic amines) is 3. The van der Waals surface area contributed by atoms with Gasteiger partial charge in [-0.3, -0.25) is 24.3 Å². The lowest BCUT2D eigenvalue weighted by Gasteiger charge is -2.34. The predicted octanol–water partition coefficient (Wildman–Crippen LogP) is 0.737. The van der Waals surface area contributed by atoms with Gasteiger partial charge in [0.2, 0.25) is 11.8 Å². The molecule has 13 heteroatoms. The van der Waals surface area contributed by atoms with E-state index >= 15 is 0 Å². The summed E-state index contributed by atoms with van der Waals surface area (Å²) in [4.78, 5) is 46.7. The van der Waals surface area contributed by atoms with E-state index in [4.69, 9.17) is 15.7 Å². The van der Waals surface area contributed by atoms with E-state index in [0.29, 0.717) is 29.3 Å². The summed E-state index contributed by atoms with van der Waals surface area (Å²) in [6, 6.07) is 7.81. The van der Waals surface area contributed by atoms with E-state index in [1.807, 2.05) is 4.90 Å². The minimum atomic E-state index is -3.13. The van der Waals surface area contributed by atoms with Gasteiger partial charge in [0.25, 0.3) is 11.8 Å². The van der Waals surface area contributed by atoms with Gasteiger partial charge in [-0.1, -0.05) is 0 Å². The number of carbonyl (C=O) groups is 3. The number of amides is 3. The van der Waals surface area contributed by atoms with E-state index in [1.165, 1.54) is 12.3 Å². The van der Waals surface area contributed by atoms with Crippen LogP contribution in [0.4, 0.5) is 8.78 Å². The number of halogens is 2. The van der Waals surface area contributed by atoms with Crippen molar-refractivity contribution in [2.45, 2.75) is 43.3 Å². The van der Waals surface area contributed by atoms with Gasteiger partial charge in [-0.05, 0) is 37.1 Å². The highest BCUT2D eigenvalue weighted by Gasteiger charge is 2.47. The lowest BCUT2D eigenvalue weighted by Crippen LogP contribution is -2.50. The maximum atomic E-state index is 13.7. The highest BCUT2D eigenvalue weighted by molar-refractivity contribution is 6.07. The first-order chi connectivity index (χ1) is 19.2. The van der Waals surface area contributed by atoms with Gasteiger partial charge in [-0.15, -0.1) is 0 Å². The maximum absolute atomic E-state index is 13.7. The third-order valence-corrected chi connectivity index (χ3v) is 7.80. The van der Waals surface area contributed by atoms with Gasteiger partial charge >= 0.3 is 0 Å². The number of fused-ring (bicyclic) bond motifs is 3. The van der Waals surface area contributed by atoms with Crippen molar-refractivity contribution in [2.24, 2.45) is 5.73 Å². The molecule has 3 N–H and O–H groups in total. The Hall–Kier alpha value is -3.89. The number of nitrogens with zero attached hydrogens (tertiary/aromatic N) is 5. The summed E-state index contributed by atoms with van der Waals surface area (Å²) in [5, 5.41) is 12.1. The summed E-state index contributed by atoms with van der Waals surface area (Å²) in [7, 11) is 0. The second-order valence-corrected chi connectivity index (χ2v) is 10.4. The van der Waals surface area contributed by atoms with Crippen molar-refractivity contribution < 1.29 is 27.9 Å². The number of nitriles is 1. The third-order valence-electron chi connectivity index (χ3n) is 7.80. The number of benzene rings is 1. The number of aromatic nitrogens is 1. The summed E-state index contributed by atoms with van der Waals surface area (Å²) in [6.45, 7) is 1.56. The molecule has 3 amide bonds. The Morgan fingerprint density at radius 3 is 2.73 bits per heavy atom. The molecule has 11 nitrogen and oxygen atoms in total. The highest BCUT2D eigenvalue weighted by Crippen LogP contribution is 2.32. The van der Waals surface area contributed by atoms with Crippen LogP contribution in [0.2, 0.25) is 0 Å². The Kier molecular flexibility index (Phi) is 7.82. The van der Waals surface area contributed by atoms with E-state index in [-0.39, 0.29) is 24.1 Å². The number of nitrogens with two attached hydrogens (primary N) is 1. The van der Waals surface area contributed by atoms with Crippen LogP contribution in [0.3, 0.4) is 0 Å². The van der Waals surface area contributed by atoms with Crippen molar-refractivity contribution in [3.05, 3.63) is 36.0 Å². The lowest BCUT2D eigenvalue weighted by molar-refractivity contribution is -0.132. The van der Waals surface area contributed by atoms with Gasteiger partial charge in [-0.2, -0.15) is 5.26 Å². The molecule has 0 radical (unpaired) electrons. The molecule has 0 saturated carbocycles. The topological polar surface area (TPSA) is 145 Å². The molecule has 3 aliphatic heterocycles. The van der Waals surface area contributed by atoms with Crippen LogP contribution in [-0.4, -0.2) is 107 Å². The molecule has 4 heterocycles. The summed E-state index contributed by atoms with van der Waals surface area (Å²) in [6.07, 6.45) is 2.52. The van der Waals surface area contributed by atoms with Crippen molar-refractivity contribution in [1.29, 1.82) is 5.26 Å². The van der Waals surface area contributed by atoms with Crippen LogP contribution in [0.15, 0.2) is 30.5 Å². The third kappa shape index (κ3) is 5.68. The number of alkyl halides is 2. The average Bonchev–Trinajstić information content (AvgIpc) is 3.64. The van der Waals surface area contributed by atoms with E-state index in [2.05, 4.69) is 15.2 Å². The second-order valence-electron chi connectivity index (χ2n) is 10.4. The van der Waals surface area contributed by atoms with Crippen molar-refractivity contribution in [1.82, 2.24) is 25.0 Å². The fourth-order valence-corrected chi connectivity index (χ4v) is 5.86. The number of hydrogen-bond acceptors (Lipinski definition) is 8. The van der Waals surface area contributed by atoms with E-state index in [1.54, 1.807) is 24.3 Å². The smallest absolute Gasteiger partial charge is 0.268 e. The van der Waals surface area contributed by atoms with E-state index in [9.17, 15) is 23.2 Å². The number of pyridine rings is 1. The number of rotatable bonds is 9. The molecule has 3 aliphatic rings. The molecule has 2 aromatic rings. The Labute approximate surface area is 229 Å². The molecular weight excluding hydrogens is 524 g/mol. The monoisotopic (exact) mass is 555 g/mol. The zero-order valence-electron chi connectivity index (χ0n) is 21.9. The molecule has 1 unspecified atom stereocenters. The van der Waals surface area contributed by atoms with Gasteiger partial charge in [0.05, 0.1) is 43.4 Å². The van der Waals surface area contributed by atoms with Crippen molar-refractivity contribution in [2.75, 3.05) is 45.9 Å². The van der Waals surface area contributed by atoms with Crippen molar-refractivity contribution >= 4 is 28.6 Å². The number of hydrogen-bond donors (Lipinski definition) is 2. The highest BCUT2D eigenvalue weighted by atomic mass is 19.3. The summed E-state index contributed by atoms with van der Waals surface area (Å²) in [5.74, 6) is -3.87. The average molecular weight is 556 g/mol. The number of piperazine rings is 1. The molecule has 3 saturated heterocycles. The van der Waals surface area contributed by atoms with Crippen LogP contribution in [-0.2, 0) is 9.59 Å². The summed E-state index contributed by atoms with van der Waals surface area (Å²) < 4.78 is 33.3. The summed E-state index contributed by atoms with van der Waals surface area (Å²) >= 11 is 0. The molecule has 0 aliphatic carbocycles. The van der Waals surface area contributed by atoms with Crippen molar-refractivity contribution in [3.8, 4) is 11.8 Å². The number of ether oxygens (including phenoxy) is 1. The molecule has 40 heavy (non-hydrogen) atoms. The molecular formula is C27H31F2N7O4. The van der Waals surface area contributed by atoms with Crippen molar-refractivity contribution in [3.63, 3.8) is 0 Å². The molecule has 0 spiro atoms. The fourth-order valence-electron chi connectivity index (χ4n) is 5.86. The minimum Gasteiger partial charge on any atom is -0.494 e. The second kappa shape index (κ2) is 11.3. The van der Waals surface area contributed by atoms with Gasteiger partial charge in [-0.25, -0.2) is 8.78 Å². The van der Waals surface area contributed by atoms with Gasteiger partial charge in [0.15, 0.2) is 0 Å². The van der Waals surface area contributed by atoms with Gasteiger partial charge in [0.1, 0.15) is 11.8 Å². The Bertz CT molecular complexity index is 1350. The van der Waals surface area contributed by atoms with E-state index in [0.717, 1.165) is 37.4 Å². The Morgan fingerprint density at radius 2 is 2.00 bits per heavy atom.